The van der Waals surface area contributed by atoms with E-state index in [9.17, 15) is 9.59 Å². The molecule has 1 aromatic rings. The number of hydrogen-bond acceptors (Lipinski definition) is 3. The first-order valence-corrected chi connectivity index (χ1v) is 8.08. The molecule has 0 bridgehead atoms. The lowest BCUT2D eigenvalue weighted by Crippen LogP contribution is -2.44. The van der Waals surface area contributed by atoms with Crippen molar-refractivity contribution in [3.05, 3.63) is 35.9 Å². The fourth-order valence-corrected chi connectivity index (χ4v) is 2.96. The SMILES string of the molecule is CC(C)CC(S)[C@@H](Cc1ccccc1)C(=O)N[C@@H](C)C(=O)O. The normalized spacial score (nSPS) is 15.1. The molecular formula is C17H25NO3S. The van der Waals surface area contributed by atoms with Gasteiger partial charge in [-0.3, -0.25) is 9.59 Å². The molecular weight excluding hydrogens is 298 g/mol. The summed E-state index contributed by atoms with van der Waals surface area (Å²) in [5.74, 6) is -1.22. The Hall–Kier alpha value is -1.49. The fourth-order valence-electron chi connectivity index (χ4n) is 2.30. The first kappa shape index (κ1) is 18.6. The van der Waals surface area contributed by atoms with Gasteiger partial charge in [0.05, 0.1) is 5.92 Å². The summed E-state index contributed by atoms with van der Waals surface area (Å²) in [6.07, 6.45) is 1.36. The number of carbonyl (C=O) groups excluding carboxylic acids is 1. The van der Waals surface area contributed by atoms with E-state index in [0.29, 0.717) is 12.3 Å². The lowest BCUT2D eigenvalue weighted by Gasteiger charge is -2.25. The highest BCUT2D eigenvalue weighted by molar-refractivity contribution is 7.81. The second-order valence-corrected chi connectivity index (χ2v) is 6.72. The number of thiol groups is 1. The van der Waals surface area contributed by atoms with E-state index in [1.54, 1.807) is 0 Å². The van der Waals surface area contributed by atoms with E-state index in [1.165, 1.54) is 6.92 Å². The summed E-state index contributed by atoms with van der Waals surface area (Å²) in [7, 11) is 0. The molecule has 1 amide bonds. The highest BCUT2D eigenvalue weighted by atomic mass is 32.1. The zero-order chi connectivity index (χ0) is 16.7. The standard InChI is InChI=1S/C17H25NO3S/c1-11(2)9-15(22)14(10-13-7-5-4-6-8-13)16(19)18-12(3)17(20)21/h4-8,11-12,14-15,22H,9-10H2,1-3H3,(H,18,19)(H,20,21)/t12-,14+,15?/m0/s1. The third-order valence-corrected chi connectivity index (χ3v) is 4.11. The van der Waals surface area contributed by atoms with Crippen LogP contribution in [0.1, 0.15) is 32.8 Å². The van der Waals surface area contributed by atoms with Gasteiger partial charge in [0, 0.05) is 5.25 Å². The molecule has 0 fully saturated rings. The summed E-state index contributed by atoms with van der Waals surface area (Å²) in [5, 5.41) is 11.4. The highest BCUT2D eigenvalue weighted by Crippen LogP contribution is 2.23. The Bertz CT molecular complexity index is 490. The van der Waals surface area contributed by atoms with E-state index in [4.69, 9.17) is 5.11 Å². The van der Waals surface area contributed by atoms with Crippen molar-refractivity contribution in [1.82, 2.24) is 5.32 Å². The van der Waals surface area contributed by atoms with Crippen LogP contribution in [0.15, 0.2) is 30.3 Å². The van der Waals surface area contributed by atoms with Crippen LogP contribution in [0, 0.1) is 11.8 Å². The molecule has 4 nitrogen and oxygen atoms in total. The highest BCUT2D eigenvalue weighted by Gasteiger charge is 2.28. The molecule has 0 aliphatic rings. The van der Waals surface area contributed by atoms with Gasteiger partial charge in [0.2, 0.25) is 5.91 Å². The lowest BCUT2D eigenvalue weighted by atomic mass is 9.90. The van der Waals surface area contributed by atoms with E-state index in [-0.39, 0.29) is 17.1 Å². The van der Waals surface area contributed by atoms with Crippen molar-refractivity contribution in [3.63, 3.8) is 0 Å². The molecule has 1 aromatic carbocycles. The smallest absolute Gasteiger partial charge is 0.325 e. The van der Waals surface area contributed by atoms with Crippen molar-refractivity contribution in [3.8, 4) is 0 Å². The van der Waals surface area contributed by atoms with Gasteiger partial charge in [0.1, 0.15) is 6.04 Å². The van der Waals surface area contributed by atoms with Gasteiger partial charge in [-0.1, -0.05) is 44.2 Å². The van der Waals surface area contributed by atoms with Crippen LogP contribution in [0.2, 0.25) is 0 Å². The third-order valence-electron chi connectivity index (χ3n) is 3.54. The molecule has 22 heavy (non-hydrogen) atoms. The van der Waals surface area contributed by atoms with Crippen LogP contribution in [0.25, 0.3) is 0 Å². The molecule has 2 N–H and O–H groups in total. The summed E-state index contributed by atoms with van der Waals surface area (Å²) in [4.78, 5) is 23.4. The second-order valence-electron chi connectivity index (χ2n) is 6.06. The van der Waals surface area contributed by atoms with Gasteiger partial charge in [0.15, 0.2) is 0 Å². The predicted octanol–water partition coefficient (Wildman–Crippen LogP) is 2.78. The molecule has 3 atom stereocenters. The Kier molecular flexibility index (Phi) is 7.45. The molecule has 0 saturated heterocycles. The molecule has 0 aliphatic heterocycles. The first-order chi connectivity index (χ1) is 10.3. The summed E-state index contributed by atoms with van der Waals surface area (Å²) >= 11 is 4.60. The third kappa shape index (κ3) is 6.10. The molecule has 5 heteroatoms. The number of benzene rings is 1. The Morgan fingerprint density at radius 1 is 1.18 bits per heavy atom. The maximum Gasteiger partial charge on any atom is 0.325 e. The van der Waals surface area contributed by atoms with Crippen LogP contribution in [-0.2, 0) is 16.0 Å². The summed E-state index contributed by atoms with van der Waals surface area (Å²) in [5.41, 5.74) is 1.05. The Labute approximate surface area is 137 Å². The first-order valence-electron chi connectivity index (χ1n) is 7.56. The van der Waals surface area contributed by atoms with Crippen LogP contribution in [-0.4, -0.2) is 28.3 Å². The van der Waals surface area contributed by atoms with Crippen LogP contribution in [0.4, 0.5) is 0 Å². The van der Waals surface area contributed by atoms with E-state index >= 15 is 0 Å². The predicted molar refractivity (Wildman–Crippen MR) is 91.1 cm³/mol. The van der Waals surface area contributed by atoms with Gasteiger partial charge in [-0.15, -0.1) is 0 Å². The van der Waals surface area contributed by atoms with Crippen LogP contribution >= 0.6 is 12.6 Å². The van der Waals surface area contributed by atoms with Gasteiger partial charge in [-0.2, -0.15) is 12.6 Å². The number of nitrogens with one attached hydrogen (secondary N) is 1. The molecule has 1 unspecified atom stereocenters. The number of carboxylic acid groups (broad SMARTS) is 1. The van der Waals surface area contributed by atoms with Crippen molar-refractivity contribution >= 4 is 24.5 Å². The topological polar surface area (TPSA) is 66.4 Å². The molecule has 0 aromatic heterocycles. The molecule has 1 rings (SSSR count). The zero-order valence-corrected chi connectivity index (χ0v) is 14.2. The Balaban J connectivity index is 2.85. The number of rotatable bonds is 8. The molecule has 0 spiro atoms. The molecule has 0 radical (unpaired) electrons. The van der Waals surface area contributed by atoms with E-state index < -0.39 is 12.0 Å². The van der Waals surface area contributed by atoms with Crippen molar-refractivity contribution in [2.45, 2.75) is 44.9 Å². The molecule has 122 valence electrons. The van der Waals surface area contributed by atoms with Gasteiger partial charge < -0.3 is 10.4 Å². The van der Waals surface area contributed by atoms with Crippen LogP contribution in [0.3, 0.4) is 0 Å². The average Bonchev–Trinajstić information content (AvgIpc) is 2.44. The van der Waals surface area contributed by atoms with Crippen molar-refractivity contribution in [1.29, 1.82) is 0 Å². The lowest BCUT2D eigenvalue weighted by molar-refractivity contribution is -0.141. The number of aliphatic carboxylic acids is 1. The van der Waals surface area contributed by atoms with Gasteiger partial charge >= 0.3 is 5.97 Å². The van der Waals surface area contributed by atoms with Gasteiger partial charge in [-0.25, -0.2) is 0 Å². The maximum absolute atomic E-state index is 12.5. The zero-order valence-electron chi connectivity index (χ0n) is 13.3. The number of hydrogen-bond donors (Lipinski definition) is 3. The van der Waals surface area contributed by atoms with Gasteiger partial charge in [0.25, 0.3) is 0 Å². The quantitative estimate of drug-likeness (QED) is 0.645. The Morgan fingerprint density at radius 3 is 2.27 bits per heavy atom. The summed E-state index contributed by atoms with van der Waals surface area (Å²) < 4.78 is 0. The Morgan fingerprint density at radius 2 is 1.77 bits per heavy atom. The minimum absolute atomic E-state index is 0.110. The summed E-state index contributed by atoms with van der Waals surface area (Å²) in [6, 6.07) is 8.83. The van der Waals surface area contributed by atoms with E-state index in [1.807, 2.05) is 30.3 Å². The fraction of sp³-hybridized carbons (Fsp3) is 0.529. The minimum atomic E-state index is -1.04. The van der Waals surface area contributed by atoms with Crippen molar-refractivity contribution in [2.75, 3.05) is 0 Å². The van der Waals surface area contributed by atoms with Crippen molar-refractivity contribution in [2.24, 2.45) is 11.8 Å². The average molecular weight is 323 g/mol. The monoisotopic (exact) mass is 323 g/mol. The van der Waals surface area contributed by atoms with Crippen LogP contribution < -0.4 is 5.32 Å². The number of carboxylic acids is 1. The van der Waals surface area contributed by atoms with Crippen LogP contribution in [0.5, 0.6) is 0 Å². The number of carbonyl (C=O) groups is 2. The summed E-state index contributed by atoms with van der Waals surface area (Å²) in [6.45, 7) is 5.64. The maximum atomic E-state index is 12.5. The van der Waals surface area contributed by atoms with Crippen molar-refractivity contribution < 1.29 is 14.7 Å². The number of amides is 1. The molecule has 0 aliphatic carbocycles. The van der Waals surface area contributed by atoms with E-state index in [0.717, 1.165) is 12.0 Å². The van der Waals surface area contributed by atoms with E-state index in [2.05, 4.69) is 31.8 Å². The largest absolute Gasteiger partial charge is 0.480 e. The minimum Gasteiger partial charge on any atom is -0.480 e. The molecule has 0 saturated carbocycles. The molecule has 0 heterocycles. The van der Waals surface area contributed by atoms with Gasteiger partial charge in [-0.05, 0) is 31.2 Å². The second kappa shape index (κ2) is 8.83.